The zero-order valence-corrected chi connectivity index (χ0v) is 13.9. The number of tetrazole rings is 1. The van der Waals surface area contributed by atoms with E-state index < -0.39 is 6.10 Å². The second kappa shape index (κ2) is 6.93. The highest BCUT2D eigenvalue weighted by Crippen LogP contribution is 2.25. The Hall–Kier alpha value is -2.18. The summed E-state index contributed by atoms with van der Waals surface area (Å²) in [5.74, 6) is 0.495. The fraction of sp³-hybridized carbons (Fsp3) is 0.235. The van der Waals surface area contributed by atoms with E-state index >= 15 is 0 Å². The van der Waals surface area contributed by atoms with Crippen LogP contribution in [-0.2, 0) is 0 Å². The van der Waals surface area contributed by atoms with E-state index in [1.807, 2.05) is 49.4 Å². The maximum absolute atomic E-state index is 10.3. The summed E-state index contributed by atoms with van der Waals surface area (Å²) in [6.07, 6.45) is -0.550. The molecule has 0 saturated heterocycles. The minimum absolute atomic E-state index is 0.495. The number of aromatic nitrogens is 4. The van der Waals surface area contributed by atoms with Gasteiger partial charge in [-0.3, -0.25) is 0 Å². The Bertz CT molecular complexity index is 788. The molecule has 23 heavy (non-hydrogen) atoms. The molecule has 1 N–H and O–H groups in total. The highest BCUT2D eigenvalue weighted by atomic mass is 32.2. The second-order valence-electron chi connectivity index (χ2n) is 5.40. The fourth-order valence-corrected chi connectivity index (χ4v) is 3.24. The summed E-state index contributed by atoms with van der Waals surface area (Å²) in [6, 6.07) is 15.8. The van der Waals surface area contributed by atoms with E-state index in [1.54, 1.807) is 4.68 Å². The molecular weight excluding hydrogens is 308 g/mol. The predicted molar refractivity (Wildman–Crippen MR) is 90.8 cm³/mol. The van der Waals surface area contributed by atoms with Crippen LogP contribution in [0.4, 0.5) is 0 Å². The van der Waals surface area contributed by atoms with Crippen molar-refractivity contribution in [3.05, 3.63) is 65.2 Å². The first-order valence-electron chi connectivity index (χ1n) is 7.37. The molecule has 0 spiro atoms. The molecule has 0 aliphatic carbocycles. The molecule has 0 amide bonds. The Kier molecular flexibility index (Phi) is 4.73. The first-order chi connectivity index (χ1) is 11.1. The molecule has 1 aromatic heterocycles. The van der Waals surface area contributed by atoms with Crippen molar-refractivity contribution < 1.29 is 5.11 Å². The van der Waals surface area contributed by atoms with Gasteiger partial charge < -0.3 is 5.11 Å². The number of aliphatic hydroxyl groups excluding tert-OH is 1. The number of aliphatic hydroxyl groups is 1. The van der Waals surface area contributed by atoms with Crippen LogP contribution < -0.4 is 0 Å². The first kappa shape index (κ1) is 15.7. The molecule has 1 atom stereocenters. The Balaban J connectivity index is 1.76. The molecule has 0 radical (unpaired) electrons. The Morgan fingerprint density at radius 3 is 2.65 bits per heavy atom. The van der Waals surface area contributed by atoms with Crippen LogP contribution in [0.3, 0.4) is 0 Å². The van der Waals surface area contributed by atoms with Gasteiger partial charge in [0.2, 0.25) is 5.16 Å². The van der Waals surface area contributed by atoms with E-state index in [9.17, 15) is 5.11 Å². The Morgan fingerprint density at radius 2 is 1.91 bits per heavy atom. The Labute approximate surface area is 139 Å². The lowest BCUT2D eigenvalue weighted by Crippen LogP contribution is -2.04. The highest BCUT2D eigenvalue weighted by molar-refractivity contribution is 7.99. The third-order valence-corrected chi connectivity index (χ3v) is 4.57. The first-order valence-corrected chi connectivity index (χ1v) is 8.35. The van der Waals surface area contributed by atoms with Crippen molar-refractivity contribution in [1.82, 2.24) is 20.2 Å². The van der Waals surface area contributed by atoms with Crippen molar-refractivity contribution in [3.63, 3.8) is 0 Å². The SMILES string of the molecule is Cc1ccc(-n2nnnc2SCC(O)c2ccccc2)c(C)c1. The largest absolute Gasteiger partial charge is 0.388 e. The monoisotopic (exact) mass is 326 g/mol. The molecule has 118 valence electrons. The van der Waals surface area contributed by atoms with Crippen LogP contribution in [0.5, 0.6) is 0 Å². The minimum Gasteiger partial charge on any atom is -0.388 e. The van der Waals surface area contributed by atoms with Crippen molar-refractivity contribution >= 4 is 11.8 Å². The molecular formula is C17H18N4OS. The van der Waals surface area contributed by atoms with Crippen molar-refractivity contribution in [2.75, 3.05) is 5.75 Å². The van der Waals surface area contributed by atoms with E-state index in [-0.39, 0.29) is 0 Å². The molecule has 2 aromatic carbocycles. The number of rotatable bonds is 5. The zero-order chi connectivity index (χ0) is 16.2. The summed E-state index contributed by atoms with van der Waals surface area (Å²) in [5.41, 5.74) is 4.17. The van der Waals surface area contributed by atoms with Crippen LogP contribution in [0, 0.1) is 13.8 Å². The van der Waals surface area contributed by atoms with E-state index in [0.29, 0.717) is 10.9 Å². The minimum atomic E-state index is -0.550. The zero-order valence-electron chi connectivity index (χ0n) is 13.0. The lowest BCUT2D eigenvalue weighted by atomic mass is 10.1. The van der Waals surface area contributed by atoms with Crippen LogP contribution in [0.2, 0.25) is 0 Å². The van der Waals surface area contributed by atoms with E-state index in [0.717, 1.165) is 16.8 Å². The van der Waals surface area contributed by atoms with Crippen molar-refractivity contribution in [3.8, 4) is 5.69 Å². The molecule has 0 fully saturated rings. The molecule has 1 unspecified atom stereocenters. The summed E-state index contributed by atoms with van der Waals surface area (Å²) >= 11 is 1.44. The summed E-state index contributed by atoms with van der Waals surface area (Å²) in [4.78, 5) is 0. The van der Waals surface area contributed by atoms with Gasteiger partial charge in [-0.25, -0.2) is 0 Å². The van der Waals surface area contributed by atoms with Gasteiger partial charge in [0.05, 0.1) is 11.8 Å². The second-order valence-corrected chi connectivity index (χ2v) is 6.39. The normalized spacial score (nSPS) is 12.3. The van der Waals surface area contributed by atoms with Gasteiger partial charge in [-0.2, -0.15) is 4.68 Å². The quantitative estimate of drug-likeness (QED) is 0.730. The van der Waals surface area contributed by atoms with Crippen LogP contribution in [0.15, 0.2) is 53.7 Å². The average Bonchev–Trinajstić information content (AvgIpc) is 3.01. The number of benzene rings is 2. The van der Waals surface area contributed by atoms with Gasteiger partial charge >= 0.3 is 0 Å². The third-order valence-electron chi connectivity index (χ3n) is 3.58. The summed E-state index contributed by atoms with van der Waals surface area (Å²) in [7, 11) is 0. The molecule has 0 saturated carbocycles. The average molecular weight is 326 g/mol. The van der Waals surface area contributed by atoms with E-state index in [2.05, 4.69) is 28.5 Å². The van der Waals surface area contributed by atoms with Crippen LogP contribution in [-0.4, -0.2) is 31.1 Å². The topological polar surface area (TPSA) is 63.8 Å². The predicted octanol–water partition coefficient (Wildman–Crippen LogP) is 3.10. The van der Waals surface area contributed by atoms with Crippen molar-refractivity contribution in [2.45, 2.75) is 25.1 Å². The van der Waals surface area contributed by atoms with Crippen molar-refractivity contribution in [1.29, 1.82) is 0 Å². The van der Waals surface area contributed by atoms with Gasteiger partial charge in [0.15, 0.2) is 0 Å². The molecule has 5 nitrogen and oxygen atoms in total. The molecule has 0 aliphatic heterocycles. The molecule has 0 bridgehead atoms. The molecule has 3 rings (SSSR count). The van der Waals surface area contributed by atoms with E-state index in [4.69, 9.17) is 0 Å². The maximum atomic E-state index is 10.3. The lowest BCUT2D eigenvalue weighted by molar-refractivity contribution is 0.204. The van der Waals surface area contributed by atoms with Crippen LogP contribution in [0.25, 0.3) is 5.69 Å². The third kappa shape index (κ3) is 3.60. The van der Waals surface area contributed by atoms with Gasteiger partial charge in [0.25, 0.3) is 0 Å². The number of hydrogen-bond acceptors (Lipinski definition) is 5. The van der Waals surface area contributed by atoms with Crippen LogP contribution in [0.1, 0.15) is 22.8 Å². The van der Waals surface area contributed by atoms with Gasteiger partial charge in [0.1, 0.15) is 0 Å². The number of hydrogen-bond donors (Lipinski definition) is 1. The smallest absolute Gasteiger partial charge is 0.214 e. The maximum Gasteiger partial charge on any atom is 0.214 e. The summed E-state index contributed by atoms with van der Waals surface area (Å²) < 4.78 is 1.72. The molecule has 1 heterocycles. The van der Waals surface area contributed by atoms with Gasteiger partial charge in [0, 0.05) is 5.75 Å². The fourth-order valence-electron chi connectivity index (χ4n) is 2.39. The lowest BCUT2D eigenvalue weighted by Gasteiger charge is -2.11. The summed E-state index contributed by atoms with van der Waals surface area (Å²) in [5, 5.41) is 22.9. The van der Waals surface area contributed by atoms with Crippen LogP contribution >= 0.6 is 11.8 Å². The van der Waals surface area contributed by atoms with Crippen molar-refractivity contribution in [2.24, 2.45) is 0 Å². The van der Waals surface area contributed by atoms with Gasteiger partial charge in [-0.15, -0.1) is 5.10 Å². The number of thioether (sulfide) groups is 1. The molecule has 3 aromatic rings. The molecule has 0 aliphatic rings. The van der Waals surface area contributed by atoms with Gasteiger partial charge in [-0.05, 0) is 41.5 Å². The standard InChI is InChI=1S/C17H18N4OS/c1-12-8-9-15(13(2)10-12)21-17(18-19-20-21)23-11-16(22)14-6-4-3-5-7-14/h3-10,16,22H,11H2,1-2H3. The highest BCUT2D eigenvalue weighted by Gasteiger charge is 2.14. The van der Waals surface area contributed by atoms with E-state index in [1.165, 1.54) is 17.3 Å². The Morgan fingerprint density at radius 1 is 1.13 bits per heavy atom. The number of nitrogens with zero attached hydrogens (tertiary/aromatic N) is 4. The summed E-state index contributed by atoms with van der Waals surface area (Å²) in [6.45, 7) is 4.10. The number of aryl methyl sites for hydroxylation is 2. The molecule has 6 heteroatoms. The van der Waals surface area contributed by atoms with Gasteiger partial charge in [-0.1, -0.05) is 59.8 Å².